The predicted octanol–water partition coefficient (Wildman–Crippen LogP) is -0.613. The Morgan fingerprint density at radius 1 is 1.43 bits per heavy atom. The lowest BCUT2D eigenvalue weighted by Crippen LogP contribution is -2.34. The number of aliphatic imine (C=N–C) groups is 1. The zero-order valence-corrected chi connectivity index (χ0v) is 9.37. The molecule has 0 radical (unpaired) electrons. The highest BCUT2D eigenvalue weighted by molar-refractivity contribution is 8.77. The summed E-state index contributed by atoms with van der Waals surface area (Å²) in [5, 5.41) is 2.80. The van der Waals surface area contributed by atoms with Crippen molar-refractivity contribution in [2.24, 2.45) is 22.4 Å². The van der Waals surface area contributed by atoms with Crippen molar-refractivity contribution in [3.8, 4) is 0 Å². The standard InChI is InChI=1S/C7H14N4OS2/c8-7(9)11-2-1-10-6(12)5-3-13-14-4-5/h5H,1-4H2,(H,10,12)(H4,8,9,11). The number of amides is 1. The van der Waals surface area contributed by atoms with Gasteiger partial charge in [0.05, 0.1) is 12.5 Å². The quantitative estimate of drug-likeness (QED) is 0.261. The van der Waals surface area contributed by atoms with Gasteiger partial charge in [0.15, 0.2) is 5.96 Å². The fraction of sp³-hybridized carbons (Fsp3) is 0.714. The first-order valence-corrected chi connectivity index (χ1v) is 6.76. The molecule has 0 unspecified atom stereocenters. The summed E-state index contributed by atoms with van der Waals surface area (Å²) in [5.74, 6) is 2.11. The average Bonchev–Trinajstić information content (AvgIpc) is 2.64. The van der Waals surface area contributed by atoms with Crippen LogP contribution in [-0.2, 0) is 4.79 Å². The van der Waals surface area contributed by atoms with E-state index in [1.165, 1.54) is 0 Å². The van der Waals surface area contributed by atoms with Crippen LogP contribution in [0.15, 0.2) is 4.99 Å². The van der Waals surface area contributed by atoms with E-state index in [0.717, 1.165) is 11.5 Å². The number of nitrogens with zero attached hydrogens (tertiary/aromatic N) is 1. The minimum Gasteiger partial charge on any atom is -0.370 e. The second-order valence-corrected chi connectivity index (χ2v) is 5.42. The van der Waals surface area contributed by atoms with E-state index >= 15 is 0 Å². The molecule has 1 rings (SSSR count). The number of guanidine groups is 1. The van der Waals surface area contributed by atoms with Gasteiger partial charge in [-0.25, -0.2) is 0 Å². The van der Waals surface area contributed by atoms with Crippen LogP contribution in [0.1, 0.15) is 0 Å². The molecule has 1 fully saturated rings. The molecule has 0 spiro atoms. The van der Waals surface area contributed by atoms with E-state index in [-0.39, 0.29) is 17.8 Å². The van der Waals surface area contributed by atoms with Crippen LogP contribution >= 0.6 is 21.6 Å². The van der Waals surface area contributed by atoms with Gasteiger partial charge in [-0.05, 0) is 0 Å². The molecule has 0 bridgehead atoms. The molecule has 7 heteroatoms. The summed E-state index contributed by atoms with van der Waals surface area (Å²) in [5.41, 5.74) is 10.3. The molecule has 5 N–H and O–H groups in total. The zero-order valence-electron chi connectivity index (χ0n) is 7.73. The van der Waals surface area contributed by atoms with E-state index < -0.39 is 0 Å². The molecule has 0 atom stereocenters. The number of carbonyl (C=O) groups excluding carboxylic acids is 1. The zero-order chi connectivity index (χ0) is 10.4. The van der Waals surface area contributed by atoms with Gasteiger partial charge in [-0.1, -0.05) is 21.6 Å². The van der Waals surface area contributed by atoms with E-state index in [1.807, 2.05) is 0 Å². The number of carbonyl (C=O) groups is 1. The molecule has 1 amide bonds. The summed E-state index contributed by atoms with van der Waals surface area (Å²) < 4.78 is 0. The average molecular weight is 234 g/mol. The van der Waals surface area contributed by atoms with Gasteiger partial charge in [0.2, 0.25) is 5.91 Å². The van der Waals surface area contributed by atoms with Crippen molar-refractivity contribution in [3.63, 3.8) is 0 Å². The van der Waals surface area contributed by atoms with Crippen LogP contribution in [0.2, 0.25) is 0 Å². The lowest BCUT2D eigenvalue weighted by atomic mass is 10.2. The van der Waals surface area contributed by atoms with Crippen molar-refractivity contribution in [1.82, 2.24) is 5.32 Å². The van der Waals surface area contributed by atoms with Crippen LogP contribution in [0.3, 0.4) is 0 Å². The lowest BCUT2D eigenvalue weighted by molar-refractivity contribution is -0.123. The fourth-order valence-corrected chi connectivity index (χ4v) is 3.74. The van der Waals surface area contributed by atoms with Gasteiger partial charge in [0, 0.05) is 18.1 Å². The number of hydrogen-bond donors (Lipinski definition) is 3. The smallest absolute Gasteiger partial charge is 0.224 e. The maximum absolute atomic E-state index is 11.4. The molecule has 0 aliphatic carbocycles. The first-order chi connectivity index (χ1) is 6.70. The van der Waals surface area contributed by atoms with Gasteiger partial charge in [0.1, 0.15) is 0 Å². The SMILES string of the molecule is NC(N)=NCCNC(=O)C1CSSC1. The summed E-state index contributed by atoms with van der Waals surface area (Å²) in [7, 11) is 3.49. The molecule has 5 nitrogen and oxygen atoms in total. The van der Waals surface area contributed by atoms with Gasteiger partial charge < -0.3 is 16.8 Å². The molecular formula is C7H14N4OS2. The van der Waals surface area contributed by atoms with E-state index in [4.69, 9.17) is 11.5 Å². The summed E-state index contributed by atoms with van der Waals surface area (Å²) >= 11 is 0. The third kappa shape index (κ3) is 4.10. The van der Waals surface area contributed by atoms with Crippen LogP contribution in [0.4, 0.5) is 0 Å². The van der Waals surface area contributed by atoms with E-state index in [9.17, 15) is 4.79 Å². The Labute approximate surface area is 90.9 Å². The topological polar surface area (TPSA) is 93.5 Å². The maximum atomic E-state index is 11.4. The first kappa shape index (κ1) is 11.5. The Morgan fingerprint density at radius 2 is 2.07 bits per heavy atom. The second-order valence-electron chi connectivity index (χ2n) is 2.86. The normalized spacial score (nSPS) is 16.6. The van der Waals surface area contributed by atoms with Crippen LogP contribution < -0.4 is 16.8 Å². The molecule has 1 saturated heterocycles. The molecule has 1 aliphatic heterocycles. The molecular weight excluding hydrogens is 220 g/mol. The molecule has 1 heterocycles. The van der Waals surface area contributed by atoms with Crippen LogP contribution in [0.25, 0.3) is 0 Å². The van der Waals surface area contributed by atoms with Gasteiger partial charge in [0.25, 0.3) is 0 Å². The van der Waals surface area contributed by atoms with Crippen LogP contribution in [-0.4, -0.2) is 36.5 Å². The number of nitrogens with one attached hydrogen (secondary N) is 1. The summed E-state index contributed by atoms with van der Waals surface area (Å²) in [4.78, 5) is 15.2. The third-order valence-corrected chi connectivity index (χ3v) is 4.26. The van der Waals surface area contributed by atoms with Crippen molar-refractivity contribution in [1.29, 1.82) is 0 Å². The Balaban J connectivity index is 2.11. The first-order valence-electron chi connectivity index (χ1n) is 4.27. The van der Waals surface area contributed by atoms with Crippen LogP contribution in [0.5, 0.6) is 0 Å². The van der Waals surface area contributed by atoms with Gasteiger partial charge in [-0.2, -0.15) is 0 Å². The minimum atomic E-state index is 0.0613. The minimum absolute atomic E-state index is 0.0613. The number of nitrogens with two attached hydrogens (primary N) is 2. The molecule has 0 aromatic carbocycles. The van der Waals surface area contributed by atoms with Gasteiger partial charge in [-0.15, -0.1) is 0 Å². The molecule has 0 saturated carbocycles. The molecule has 14 heavy (non-hydrogen) atoms. The van der Waals surface area contributed by atoms with Crippen LogP contribution in [0, 0.1) is 5.92 Å². The molecule has 0 aromatic rings. The summed E-state index contributed by atoms with van der Waals surface area (Å²) in [6.07, 6.45) is 0. The highest BCUT2D eigenvalue weighted by Gasteiger charge is 2.23. The Kier molecular flexibility index (Phi) is 4.95. The second kappa shape index (κ2) is 6.02. The summed E-state index contributed by atoms with van der Waals surface area (Å²) in [6, 6.07) is 0. The van der Waals surface area contributed by atoms with E-state index in [1.54, 1.807) is 21.6 Å². The van der Waals surface area contributed by atoms with E-state index in [0.29, 0.717) is 13.1 Å². The largest absolute Gasteiger partial charge is 0.370 e. The molecule has 0 aromatic heterocycles. The monoisotopic (exact) mass is 234 g/mol. The highest BCUT2D eigenvalue weighted by atomic mass is 33.1. The van der Waals surface area contributed by atoms with Gasteiger partial charge >= 0.3 is 0 Å². The van der Waals surface area contributed by atoms with Gasteiger partial charge in [-0.3, -0.25) is 9.79 Å². The fourth-order valence-electron chi connectivity index (χ4n) is 0.968. The Morgan fingerprint density at radius 3 is 2.64 bits per heavy atom. The predicted molar refractivity (Wildman–Crippen MR) is 62.1 cm³/mol. The van der Waals surface area contributed by atoms with Crippen molar-refractivity contribution in [2.45, 2.75) is 0 Å². The van der Waals surface area contributed by atoms with E-state index in [2.05, 4.69) is 10.3 Å². The Bertz CT molecular complexity index is 224. The van der Waals surface area contributed by atoms with Crippen molar-refractivity contribution >= 4 is 33.5 Å². The van der Waals surface area contributed by atoms with Crippen molar-refractivity contribution in [3.05, 3.63) is 0 Å². The summed E-state index contributed by atoms with van der Waals surface area (Å²) in [6.45, 7) is 0.948. The molecule has 80 valence electrons. The number of rotatable bonds is 4. The third-order valence-electron chi connectivity index (χ3n) is 1.70. The Hall–Kier alpha value is -0.560. The number of hydrogen-bond acceptors (Lipinski definition) is 4. The lowest BCUT2D eigenvalue weighted by Gasteiger charge is -2.07. The maximum Gasteiger partial charge on any atom is 0.224 e. The molecule has 1 aliphatic rings. The van der Waals surface area contributed by atoms with Crippen molar-refractivity contribution in [2.75, 3.05) is 24.6 Å². The highest BCUT2D eigenvalue weighted by Crippen LogP contribution is 2.34. The van der Waals surface area contributed by atoms with Crippen molar-refractivity contribution < 1.29 is 4.79 Å².